The number of amides is 1. The minimum Gasteiger partial charge on any atom is -0.337 e. The van der Waals surface area contributed by atoms with Crippen LogP contribution in [0.5, 0.6) is 0 Å². The van der Waals surface area contributed by atoms with Gasteiger partial charge in [-0.05, 0) is 11.6 Å². The molecule has 1 N–H and O–H groups in total. The molecule has 1 saturated heterocycles. The zero-order chi connectivity index (χ0) is 9.47. The van der Waals surface area contributed by atoms with E-state index in [0.717, 1.165) is 0 Å². The van der Waals surface area contributed by atoms with Gasteiger partial charge in [0.15, 0.2) is 0 Å². The van der Waals surface area contributed by atoms with Crippen LogP contribution in [0.1, 0.15) is 11.6 Å². The van der Waals surface area contributed by atoms with Gasteiger partial charge in [0.05, 0.1) is 0 Å². The molecular weight excluding hydrogens is 178 g/mol. The number of aromatic nitrogens is 1. The Balaban J connectivity index is 2.27. The molecule has 0 aliphatic carbocycles. The van der Waals surface area contributed by atoms with Gasteiger partial charge in [0, 0.05) is 12.4 Å². The third-order valence-corrected chi connectivity index (χ3v) is 1.96. The molecule has 0 aromatic carbocycles. The van der Waals surface area contributed by atoms with E-state index >= 15 is 0 Å². The van der Waals surface area contributed by atoms with Crippen molar-refractivity contribution < 1.29 is 13.6 Å². The molecule has 2 rings (SSSR count). The van der Waals surface area contributed by atoms with Gasteiger partial charge in [0.1, 0.15) is 6.04 Å². The van der Waals surface area contributed by atoms with Crippen molar-refractivity contribution in [3.05, 3.63) is 30.1 Å². The average Bonchev–Trinajstić information content (AvgIpc) is 2.15. The van der Waals surface area contributed by atoms with Gasteiger partial charge in [0.25, 0.3) is 5.91 Å². The van der Waals surface area contributed by atoms with E-state index in [4.69, 9.17) is 0 Å². The zero-order valence-corrected chi connectivity index (χ0v) is 6.50. The molecule has 68 valence electrons. The smallest absolute Gasteiger partial charge is 0.337 e. The van der Waals surface area contributed by atoms with Crippen molar-refractivity contribution in [2.24, 2.45) is 0 Å². The first-order valence-corrected chi connectivity index (χ1v) is 3.71. The molecule has 1 atom stereocenters. The summed E-state index contributed by atoms with van der Waals surface area (Å²) in [6.45, 7) is 0. The summed E-state index contributed by atoms with van der Waals surface area (Å²) in [6, 6.07) is 1.84. The van der Waals surface area contributed by atoms with Crippen molar-refractivity contribution in [2.75, 3.05) is 0 Å². The van der Waals surface area contributed by atoms with Gasteiger partial charge in [-0.3, -0.25) is 9.78 Å². The van der Waals surface area contributed by atoms with Gasteiger partial charge in [0.2, 0.25) is 0 Å². The van der Waals surface area contributed by atoms with Gasteiger partial charge in [-0.1, -0.05) is 6.07 Å². The average molecular weight is 184 g/mol. The Kier molecular flexibility index (Phi) is 1.55. The molecule has 1 amide bonds. The monoisotopic (exact) mass is 184 g/mol. The largest absolute Gasteiger partial charge is 0.348 e. The van der Waals surface area contributed by atoms with Crippen LogP contribution in [0.15, 0.2) is 24.5 Å². The van der Waals surface area contributed by atoms with Gasteiger partial charge >= 0.3 is 5.92 Å². The molecule has 13 heavy (non-hydrogen) atoms. The van der Waals surface area contributed by atoms with Crippen molar-refractivity contribution in [3.63, 3.8) is 0 Å². The Morgan fingerprint density at radius 3 is 2.77 bits per heavy atom. The topological polar surface area (TPSA) is 42.0 Å². The van der Waals surface area contributed by atoms with Gasteiger partial charge in [-0.25, -0.2) is 0 Å². The van der Waals surface area contributed by atoms with Crippen LogP contribution in [0.4, 0.5) is 8.78 Å². The molecule has 1 aliphatic heterocycles. The van der Waals surface area contributed by atoms with Gasteiger partial charge in [-0.2, -0.15) is 8.78 Å². The lowest BCUT2D eigenvalue weighted by Crippen LogP contribution is -2.61. The fraction of sp³-hybridized carbons (Fsp3) is 0.250. The Morgan fingerprint density at radius 2 is 2.31 bits per heavy atom. The standard InChI is InChI=1S/C8H6F2N2O/c9-8(10)6(12-7(8)13)5-2-1-3-11-4-5/h1-4,6H,(H,12,13). The molecule has 0 spiro atoms. The lowest BCUT2D eigenvalue weighted by Gasteiger charge is -2.35. The second-order valence-corrected chi connectivity index (χ2v) is 2.82. The highest BCUT2D eigenvalue weighted by Gasteiger charge is 2.58. The van der Waals surface area contributed by atoms with Crippen LogP contribution in [-0.4, -0.2) is 16.8 Å². The maximum absolute atomic E-state index is 12.8. The highest BCUT2D eigenvalue weighted by Crippen LogP contribution is 2.38. The maximum Gasteiger partial charge on any atom is 0.348 e. The van der Waals surface area contributed by atoms with Crippen LogP contribution >= 0.6 is 0 Å². The van der Waals surface area contributed by atoms with Crippen molar-refractivity contribution >= 4 is 5.91 Å². The van der Waals surface area contributed by atoms with Crippen molar-refractivity contribution in [1.29, 1.82) is 0 Å². The van der Waals surface area contributed by atoms with E-state index in [0.29, 0.717) is 5.56 Å². The first-order chi connectivity index (χ1) is 6.12. The summed E-state index contributed by atoms with van der Waals surface area (Å²) in [5.41, 5.74) is 0.326. The molecular formula is C8H6F2N2O. The summed E-state index contributed by atoms with van der Waals surface area (Å²) < 4.78 is 25.7. The number of hydrogen-bond donors (Lipinski definition) is 1. The zero-order valence-electron chi connectivity index (χ0n) is 6.50. The lowest BCUT2D eigenvalue weighted by atomic mass is 9.94. The van der Waals surface area contributed by atoms with E-state index in [-0.39, 0.29) is 0 Å². The van der Waals surface area contributed by atoms with Crippen LogP contribution < -0.4 is 5.32 Å². The second-order valence-electron chi connectivity index (χ2n) is 2.82. The van der Waals surface area contributed by atoms with Crippen LogP contribution in [0.25, 0.3) is 0 Å². The van der Waals surface area contributed by atoms with E-state index in [1.165, 1.54) is 18.5 Å². The maximum atomic E-state index is 12.8. The summed E-state index contributed by atoms with van der Waals surface area (Å²) in [5, 5.41) is 2.12. The van der Waals surface area contributed by atoms with Crippen LogP contribution in [0.3, 0.4) is 0 Å². The molecule has 2 heterocycles. The van der Waals surface area contributed by atoms with Crippen molar-refractivity contribution in [2.45, 2.75) is 12.0 Å². The summed E-state index contributed by atoms with van der Waals surface area (Å²) in [6.07, 6.45) is 2.81. The molecule has 1 aliphatic rings. The fourth-order valence-electron chi connectivity index (χ4n) is 1.21. The Hall–Kier alpha value is -1.52. The molecule has 0 bridgehead atoms. The van der Waals surface area contributed by atoms with Crippen LogP contribution in [-0.2, 0) is 4.79 Å². The number of nitrogens with zero attached hydrogens (tertiary/aromatic N) is 1. The predicted molar refractivity (Wildman–Crippen MR) is 40.1 cm³/mol. The minimum absolute atomic E-state index is 0.326. The summed E-state index contributed by atoms with van der Waals surface area (Å²) in [5.74, 6) is -4.51. The predicted octanol–water partition coefficient (Wildman–Crippen LogP) is 0.888. The lowest BCUT2D eigenvalue weighted by molar-refractivity contribution is -0.171. The molecule has 1 unspecified atom stereocenters. The summed E-state index contributed by atoms with van der Waals surface area (Å²) in [7, 11) is 0. The van der Waals surface area contributed by atoms with Gasteiger partial charge < -0.3 is 5.32 Å². The minimum atomic E-state index is -3.29. The SMILES string of the molecule is O=C1NC(c2cccnc2)C1(F)F. The molecule has 3 nitrogen and oxygen atoms in total. The van der Waals surface area contributed by atoms with E-state index in [9.17, 15) is 13.6 Å². The molecule has 1 fully saturated rings. The quantitative estimate of drug-likeness (QED) is 0.658. The number of β-lactam (4-membered cyclic amide) rings is 1. The molecule has 5 heteroatoms. The molecule has 0 radical (unpaired) electrons. The summed E-state index contributed by atoms with van der Waals surface area (Å²) >= 11 is 0. The number of alkyl halides is 2. The third kappa shape index (κ3) is 1.07. The van der Waals surface area contributed by atoms with E-state index in [1.807, 2.05) is 0 Å². The first kappa shape index (κ1) is 8.10. The van der Waals surface area contributed by atoms with E-state index < -0.39 is 17.9 Å². The normalized spacial score (nSPS) is 24.8. The molecule has 0 saturated carbocycles. The Bertz CT molecular complexity index is 339. The highest BCUT2D eigenvalue weighted by molar-refractivity contribution is 5.91. The number of halogens is 2. The summed E-state index contributed by atoms with van der Waals surface area (Å²) in [4.78, 5) is 14.1. The number of hydrogen-bond acceptors (Lipinski definition) is 2. The van der Waals surface area contributed by atoms with Gasteiger partial charge in [-0.15, -0.1) is 0 Å². The number of pyridine rings is 1. The third-order valence-electron chi connectivity index (χ3n) is 1.96. The first-order valence-electron chi connectivity index (χ1n) is 3.71. The van der Waals surface area contributed by atoms with Crippen molar-refractivity contribution in [3.8, 4) is 0 Å². The number of rotatable bonds is 1. The highest BCUT2D eigenvalue weighted by atomic mass is 19.3. The van der Waals surface area contributed by atoms with Crippen LogP contribution in [0.2, 0.25) is 0 Å². The van der Waals surface area contributed by atoms with E-state index in [1.54, 1.807) is 6.07 Å². The van der Waals surface area contributed by atoms with E-state index in [2.05, 4.69) is 10.3 Å². The fourth-order valence-corrected chi connectivity index (χ4v) is 1.21. The number of nitrogens with one attached hydrogen (secondary N) is 1. The molecule has 1 aromatic heterocycles. The number of carbonyl (C=O) groups is 1. The molecule has 1 aromatic rings. The second kappa shape index (κ2) is 2.48. The van der Waals surface area contributed by atoms with Crippen molar-refractivity contribution in [1.82, 2.24) is 10.3 Å². The Morgan fingerprint density at radius 1 is 1.54 bits per heavy atom. The Labute approximate surface area is 72.8 Å². The van der Waals surface area contributed by atoms with Crippen LogP contribution in [0, 0.1) is 0 Å². The number of carbonyl (C=O) groups excluding carboxylic acids is 1.